The second kappa shape index (κ2) is 5.15. The summed E-state index contributed by atoms with van der Waals surface area (Å²) in [6, 6.07) is 10.2. The van der Waals surface area contributed by atoms with Crippen LogP contribution in [0.5, 0.6) is 0 Å². The minimum atomic E-state index is -0.266. The maximum atomic E-state index is 13.2. The maximum Gasteiger partial charge on any atom is 0.273 e. The molecule has 0 spiro atoms. The standard InChI is InChI=1S/C14H9FN2OS2/c15-9-3-1-2-8(6-9)12-5-4-10(20-12)7-11-13(18)17-14(19)16-11/h1-7H,(H2,16,17,18,19)/b11-7-. The van der Waals surface area contributed by atoms with Gasteiger partial charge in [-0.3, -0.25) is 10.1 Å². The number of carbonyl (C=O) groups excluding carboxylic acids is 1. The summed E-state index contributed by atoms with van der Waals surface area (Å²) in [6.45, 7) is 0. The predicted molar refractivity (Wildman–Crippen MR) is 81.6 cm³/mol. The smallest absolute Gasteiger partial charge is 0.273 e. The normalized spacial score (nSPS) is 16.4. The van der Waals surface area contributed by atoms with Crippen LogP contribution in [0.15, 0.2) is 42.1 Å². The predicted octanol–water partition coefficient (Wildman–Crippen LogP) is 2.90. The summed E-state index contributed by atoms with van der Waals surface area (Å²) >= 11 is 6.34. The summed E-state index contributed by atoms with van der Waals surface area (Å²) in [7, 11) is 0. The van der Waals surface area contributed by atoms with E-state index in [0.29, 0.717) is 10.8 Å². The third-order valence-electron chi connectivity index (χ3n) is 2.74. The van der Waals surface area contributed by atoms with Crippen molar-refractivity contribution in [3.05, 3.63) is 52.8 Å². The van der Waals surface area contributed by atoms with Crippen LogP contribution in [-0.2, 0) is 4.79 Å². The van der Waals surface area contributed by atoms with Crippen LogP contribution in [0.25, 0.3) is 16.5 Å². The lowest BCUT2D eigenvalue weighted by Crippen LogP contribution is -2.21. The lowest BCUT2D eigenvalue weighted by Gasteiger charge is -1.96. The van der Waals surface area contributed by atoms with Gasteiger partial charge in [0.25, 0.3) is 5.91 Å². The molecule has 0 radical (unpaired) electrons. The minimum Gasteiger partial charge on any atom is -0.328 e. The molecule has 2 aromatic rings. The number of carbonyl (C=O) groups is 1. The van der Waals surface area contributed by atoms with Crippen LogP contribution in [0.2, 0.25) is 0 Å². The van der Waals surface area contributed by atoms with E-state index in [2.05, 4.69) is 10.6 Å². The first-order chi connectivity index (χ1) is 9.61. The van der Waals surface area contributed by atoms with Gasteiger partial charge in [0, 0.05) is 9.75 Å². The fourth-order valence-electron chi connectivity index (χ4n) is 1.85. The molecule has 1 aliphatic rings. The Labute approximate surface area is 124 Å². The third kappa shape index (κ3) is 2.61. The number of nitrogens with one attached hydrogen (secondary N) is 2. The van der Waals surface area contributed by atoms with Gasteiger partial charge in [-0.25, -0.2) is 4.39 Å². The number of benzene rings is 1. The monoisotopic (exact) mass is 304 g/mol. The highest BCUT2D eigenvalue weighted by atomic mass is 32.1. The molecule has 1 amide bonds. The average molecular weight is 304 g/mol. The number of thiocarbonyl (C=S) groups is 1. The van der Waals surface area contributed by atoms with Crippen molar-refractivity contribution in [2.24, 2.45) is 0 Å². The van der Waals surface area contributed by atoms with E-state index in [0.717, 1.165) is 15.3 Å². The maximum absolute atomic E-state index is 13.2. The van der Waals surface area contributed by atoms with Crippen molar-refractivity contribution in [2.45, 2.75) is 0 Å². The van der Waals surface area contributed by atoms with Gasteiger partial charge in [-0.1, -0.05) is 12.1 Å². The van der Waals surface area contributed by atoms with Crippen LogP contribution < -0.4 is 10.6 Å². The number of hydrogen-bond acceptors (Lipinski definition) is 3. The molecule has 1 saturated heterocycles. The molecule has 0 atom stereocenters. The number of halogens is 1. The molecule has 1 aromatic heterocycles. The molecule has 1 aromatic carbocycles. The molecule has 0 aliphatic carbocycles. The third-order valence-corrected chi connectivity index (χ3v) is 4.03. The molecular formula is C14H9FN2OS2. The summed E-state index contributed by atoms with van der Waals surface area (Å²) in [5.74, 6) is -0.506. The zero-order chi connectivity index (χ0) is 14.1. The lowest BCUT2D eigenvalue weighted by molar-refractivity contribution is -0.115. The molecule has 1 fully saturated rings. The first kappa shape index (κ1) is 13.0. The molecule has 0 bridgehead atoms. The van der Waals surface area contributed by atoms with Crippen molar-refractivity contribution in [3.8, 4) is 10.4 Å². The minimum absolute atomic E-state index is 0.240. The zero-order valence-electron chi connectivity index (χ0n) is 10.1. The van der Waals surface area contributed by atoms with Crippen molar-refractivity contribution >= 4 is 40.7 Å². The van der Waals surface area contributed by atoms with Gasteiger partial charge < -0.3 is 5.32 Å². The Morgan fingerprint density at radius 2 is 2.05 bits per heavy atom. The van der Waals surface area contributed by atoms with Crippen molar-refractivity contribution < 1.29 is 9.18 Å². The van der Waals surface area contributed by atoms with E-state index in [1.165, 1.54) is 23.5 Å². The van der Waals surface area contributed by atoms with E-state index in [4.69, 9.17) is 12.2 Å². The largest absolute Gasteiger partial charge is 0.328 e. The highest BCUT2D eigenvalue weighted by Gasteiger charge is 2.20. The topological polar surface area (TPSA) is 41.1 Å². The van der Waals surface area contributed by atoms with Crippen molar-refractivity contribution in [1.82, 2.24) is 10.6 Å². The van der Waals surface area contributed by atoms with E-state index in [1.54, 1.807) is 12.1 Å². The van der Waals surface area contributed by atoms with E-state index in [1.807, 2.05) is 18.2 Å². The Morgan fingerprint density at radius 3 is 2.75 bits per heavy atom. The van der Waals surface area contributed by atoms with Crippen LogP contribution in [0.1, 0.15) is 4.88 Å². The van der Waals surface area contributed by atoms with Crippen LogP contribution >= 0.6 is 23.6 Å². The zero-order valence-corrected chi connectivity index (χ0v) is 11.8. The average Bonchev–Trinajstić information content (AvgIpc) is 2.97. The molecule has 0 unspecified atom stereocenters. The molecule has 2 heterocycles. The summed E-state index contributed by atoms with van der Waals surface area (Å²) in [5.41, 5.74) is 1.24. The van der Waals surface area contributed by atoms with Gasteiger partial charge >= 0.3 is 0 Å². The van der Waals surface area contributed by atoms with E-state index in [9.17, 15) is 9.18 Å². The van der Waals surface area contributed by atoms with Crippen LogP contribution in [0, 0.1) is 5.82 Å². The quantitative estimate of drug-likeness (QED) is 0.662. The molecule has 100 valence electrons. The second-order valence-electron chi connectivity index (χ2n) is 4.18. The van der Waals surface area contributed by atoms with E-state index in [-0.39, 0.29) is 11.7 Å². The van der Waals surface area contributed by atoms with Gasteiger partial charge in [0.2, 0.25) is 0 Å². The molecule has 2 N–H and O–H groups in total. The lowest BCUT2D eigenvalue weighted by atomic mass is 10.2. The molecule has 20 heavy (non-hydrogen) atoms. The van der Waals surface area contributed by atoms with Gasteiger partial charge in [0.05, 0.1) is 0 Å². The molecule has 3 nitrogen and oxygen atoms in total. The van der Waals surface area contributed by atoms with Gasteiger partial charge in [0.1, 0.15) is 11.5 Å². The van der Waals surface area contributed by atoms with E-state index >= 15 is 0 Å². The number of thiophene rings is 1. The Morgan fingerprint density at radius 1 is 1.20 bits per heavy atom. The highest BCUT2D eigenvalue weighted by molar-refractivity contribution is 7.80. The fourth-order valence-corrected chi connectivity index (χ4v) is 3.00. The molecule has 6 heteroatoms. The SMILES string of the molecule is O=C1NC(=S)N/C1=C\c1ccc(-c2cccc(F)c2)s1. The Kier molecular flexibility index (Phi) is 3.33. The summed E-state index contributed by atoms with van der Waals surface area (Å²) in [4.78, 5) is 13.4. The van der Waals surface area contributed by atoms with Gasteiger partial charge in [0.15, 0.2) is 5.11 Å². The number of hydrogen-bond donors (Lipinski definition) is 2. The molecular weight excluding hydrogens is 295 g/mol. The summed E-state index contributed by atoms with van der Waals surface area (Å²) < 4.78 is 13.2. The first-order valence-corrected chi connectivity index (χ1v) is 7.04. The van der Waals surface area contributed by atoms with Gasteiger partial charge in [-0.2, -0.15) is 0 Å². The van der Waals surface area contributed by atoms with Crippen molar-refractivity contribution in [3.63, 3.8) is 0 Å². The van der Waals surface area contributed by atoms with Gasteiger partial charge in [-0.15, -0.1) is 11.3 Å². The Hall–Kier alpha value is -2.05. The number of rotatable bonds is 2. The second-order valence-corrected chi connectivity index (χ2v) is 5.70. The fraction of sp³-hybridized carbons (Fsp3) is 0. The molecule has 3 rings (SSSR count). The van der Waals surface area contributed by atoms with Crippen molar-refractivity contribution in [1.29, 1.82) is 0 Å². The van der Waals surface area contributed by atoms with Crippen LogP contribution in [0.4, 0.5) is 4.39 Å². The Bertz CT molecular complexity index is 736. The van der Waals surface area contributed by atoms with Crippen molar-refractivity contribution in [2.75, 3.05) is 0 Å². The summed E-state index contributed by atoms with van der Waals surface area (Å²) in [5, 5.41) is 5.60. The number of amides is 1. The Balaban J connectivity index is 1.89. The molecule has 0 saturated carbocycles. The van der Waals surface area contributed by atoms with Gasteiger partial charge in [-0.05, 0) is 48.1 Å². The molecule has 1 aliphatic heterocycles. The van der Waals surface area contributed by atoms with E-state index < -0.39 is 0 Å². The summed E-state index contributed by atoms with van der Waals surface area (Å²) in [6.07, 6.45) is 1.72. The van der Waals surface area contributed by atoms with Crippen LogP contribution in [0.3, 0.4) is 0 Å². The highest BCUT2D eigenvalue weighted by Crippen LogP contribution is 2.29. The van der Waals surface area contributed by atoms with Crippen LogP contribution in [-0.4, -0.2) is 11.0 Å². The first-order valence-electron chi connectivity index (χ1n) is 5.81.